The molecule has 0 heterocycles. The minimum absolute atomic E-state index is 0. The molecule has 0 radical (unpaired) electrons. The smallest absolute Gasteiger partial charge is 0.191 e. The maximum atomic E-state index is 11.5. The lowest BCUT2D eigenvalue weighted by Crippen LogP contribution is -2.38. The second-order valence-corrected chi connectivity index (χ2v) is 9.54. The molecule has 1 aliphatic carbocycles. The lowest BCUT2D eigenvalue weighted by Gasteiger charge is -2.19. The van der Waals surface area contributed by atoms with Crippen LogP contribution in [0.3, 0.4) is 0 Å². The van der Waals surface area contributed by atoms with Crippen molar-refractivity contribution in [3.05, 3.63) is 29.8 Å². The van der Waals surface area contributed by atoms with Gasteiger partial charge in [0.05, 0.1) is 4.90 Å². The average molecular weight is 522 g/mol. The van der Waals surface area contributed by atoms with Crippen molar-refractivity contribution in [2.24, 2.45) is 10.9 Å². The van der Waals surface area contributed by atoms with Crippen LogP contribution < -0.4 is 10.6 Å². The Balaban J connectivity index is 0.00000392. The molecule has 7 heteroatoms. The summed E-state index contributed by atoms with van der Waals surface area (Å²) in [5, 5.41) is 6.73. The summed E-state index contributed by atoms with van der Waals surface area (Å²) >= 11 is 0. The van der Waals surface area contributed by atoms with Crippen LogP contribution in [0.5, 0.6) is 0 Å². The third-order valence-corrected chi connectivity index (χ3v) is 6.26. The first-order valence-corrected chi connectivity index (χ1v) is 12.2. The van der Waals surface area contributed by atoms with Crippen LogP contribution in [0.1, 0.15) is 57.4 Å². The molecule has 0 aliphatic heterocycles. The van der Waals surface area contributed by atoms with Gasteiger partial charge in [0.2, 0.25) is 0 Å². The Morgan fingerprint density at radius 3 is 2.21 bits per heavy atom. The van der Waals surface area contributed by atoms with Crippen molar-refractivity contribution in [2.45, 2.75) is 63.2 Å². The first kappa shape index (κ1) is 25.2. The van der Waals surface area contributed by atoms with Crippen LogP contribution in [0.4, 0.5) is 0 Å². The molecular formula is C21H36IN3O2S. The predicted octanol–water partition coefficient (Wildman–Crippen LogP) is 4.17. The Labute approximate surface area is 188 Å². The number of hydrogen-bond acceptors (Lipinski definition) is 3. The minimum Gasteiger partial charge on any atom is -0.357 e. The summed E-state index contributed by atoms with van der Waals surface area (Å²) in [6, 6.07) is 7.13. The number of nitrogens with one attached hydrogen (secondary N) is 2. The van der Waals surface area contributed by atoms with E-state index in [1.165, 1.54) is 51.2 Å². The van der Waals surface area contributed by atoms with Gasteiger partial charge in [0.15, 0.2) is 15.8 Å². The van der Waals surface area contributed by atoms with Gasteiger partial charge in [-0.1, -0.05) is 44.2 Å². The minimum atomic E-state index is -3.13. The van der Waals surface area contributed by atoms with Gasteiger partial charge in [0.25, 0.3) is 0 Å². The molecule has 0 unspecified atom stereocenters. The van der Waals surface area contributed by atoms with Crippen molar-refractivity contribution in [1.82, 2.24) is 10.6 Å². The first-order valence-electron chi connectivity index (χ1n) is 10.3. The lowest BCUT2D eigenvalue weighted by molar-refractivity contribution is 0.385. The van der Waals surface area contributed by atoms with Crippen molar-refractivity contribution >= 4 is 39.8 Å². The Bertz CT molecular complexity index is 682. The molecule has 0 amide bonds. The Hall–Kier alpha value is -0.830. The van der Waals surface area contributed by atoms with Gasteiger partial charge >= 0.3 is 0 Å². The van der Waals surface area contributed by atoms with Crippen molar-refractivity contribution in [3.8, 4) is 0 Å². The molecule has 160 valence electrons. The molecule has 0 saturated heterocycles. The molecule has 0 aromatic heterocycles. The molecule has 0 bridgehead atoms. The van der Waals surface area contributed by atoms with E-state index in [0.29, 0.717) is 10.8 Å². The molecule has 5 nitrogen and oxygen atoms in total. The van der Waals surface area contributed by atoms with E-state index >= 15 is 0 Å². The highest BCUT2D eigenvalue weighted by Gasteiger charge is 2.11. The fraction of sp³-hybridized carbons (Fsp3) is 0.667. The van der Waals surface area contributed by atoms with E-state index in [-0.39, 0.29) is 24.0 Å². The van der Waals surface area contributed by atoms with E-state index in [1.54, 1.807) is 12.1 Å². The largest absolute Gasteiger partial charge is 0.357 e. The fourth-order valence-electron chi connectivity index (χ4n) is 3.51. The summed E-state index contributed by atoms with van der Waals surface area (Å²) in [6.45, 7) is 4.60. The second kappa shape index (κ2) is 13.4. The number of aliphatic imine (C=N–C) groups is 1. The summed E-state index contributed by atoms with van der Waals surface area (Å²) < 4.78 is 23.1. The predicted molar refractivity (Wildman–Crippen MR) is 128 cm³/mol. The van der Waals surface area contributed by atoms with Crippen molar-refractivity contribution < 1.29 is 8.42 Å². The van der Waals surface area contributed by atoms with Crippen LogP contribution in [0.2, 0.25) is 0 Å². The molecule has 1 aromatic rings. The molecule has 0 spiro atoms. The number of sulfone groups is 1. The molecule has 1 fully saturated rings. The molecule has 28 heavy (non-hydrogen) atoms. The summed E-state index contributed by atoms with van der Waals surface area (Å²) in [5.41, 5.74) is 1.12. The number of guanidine groups is 1. The average Bonchev–Trinajstić information content (AvgIpc) is 2.60. The zero-order chi connectivity index (χ0) is 19.5. The highest BCUT2D eigenvalue weighted by Crippen LogP contribution is 2.22. The van der Waals surface area contributed by atoms with Crippen LogP contribution in [-0.2, 0) is 16.3 Å². The van der Waals surface area contributed by atoms with Crippen LogP contribution in [0.15, 0.2) is 34.2 Å². The normalized spacial score (nSPS) is 16.6. The van der Waals surface area contributed by atoms with Gasteiger partial charge < -0.3 is 10.6 Å². The first-order chi connectivity index (χ1) is 13.0. The van der Waals surface area contributed by atoms with Gasteiger partial charge in [0.1, 0.15) is 0 Å². The van der Waals surface area contributed by atoms with Crippen molar-refractivity contribution in [3.63, 3.8) is 0 Å². The second-order valence-electron chi connectivity index (χ2n) is 7.52. The SMILES string of the molecule is CCNC(=NCC1CCCCCCC1)NCCc1ccc(S(C)(=O)=O)cc1.I. The van der Waals surface area contributed by atoms with Crippen LogP contribution in [-0.4, -0.2) is 40.3 Å². The zero-order valence-corrected chi connectivity index (χ0v) is 20.4. The van der Waals surface area contributed by atoms with E-state index in [0.717, 1.165) is 37.6 Å². The number of rotatable bonds is 7. The van der Waals surface area contributed by atoms with Crippen LogP contribution >= 0.6 is 24.0 Å². The molecule has 1 saturated carbocycles. The van der Waals surface area contributed by atoms with Gasteiger partial charge in [-0.15, -0.1) is 24.0 Å². The number of halogens is 1. The highest BCUT2D eigenvalue weighted by atomic mass is 127. The Morgan fingerprint density at radius 1 is 1.04 bits per heavy atom. The number of nitrogens with zero attached hydrogens (tertiary/aromatic N) is 1. The van der Waals surface area contributed by atoms with Gasteiger partial charge in [-0.25, -0.2) is 8.42 Å². The summed E-state index contributed by atoms with van der Waals surface area (Å²) in [6.07, 6.45) is 11.5. The van der Waals surface area contributed by atoms with E-state index in [1.807, 2.05) is 12.1 Å². The molecule has 2 N–H and O–H groups in total. The Morgan fingerprint density at radius 2 is 1.64 bits per heavy atom. The quantitative estimate of drug-likeness (QED) is 0.321. The zero-order valence-electron chi connectivity index (χ0n) is 17.2. The van der Waals surface area contributed by atoms with Crippen molar-refractivity contribution in [2.75, 3.05) is 25.9 Å². The maximum absolute atomic E-state index is 11.5. The standard InChI is InChI=1S/C21H35N3O2S.HI/c1-3-22-21(24-17-19-9-7-5-4-6-8-10-19)23-16-15-18-11-13-20(14-12-18)27(2,25)26;/h11-14,19H,3-10,15-17H2,1-2H3,(H2,22,23,24);1H. The monoisotopic (exact) mass is 521 g/mol. The van der Waals surface area contributed by atoms with Crippen LogP contribution in [0.25, 0.3) is 0 Å². The van der Waals surface area contributed by atoms with E-state index in [4.69, 9.17) is 4.99 Å². The summed E-state index contributed by atoms with van der Waals surface area (Å²) in [7, 11) is -3.13. The highest BCUT2D eigenvalue weighted by molar-refractivity contribution is 14.0. The van der Waals surface area contributed by atoms with Gasteiger partial charge in [0, 0.05) is 25.9 Å². The molecular weight excluding hydrogens is 485 g/mol. The molecule has 1 aromatic carbocycles. The third kappa shape index (κ3) is 9.58. The van der Waals surface area contributed by atoms with Gasteiger partial charge in [-0.3, -0.25) is 4.99 Å². The topological polar surface area (TPSA) is 70.6 Å². The number of benzene rings is 1. The lowest BCUT2D eigenvalue weighted by atomic mass is 9.91. The fourth-order valence-corrected chi connectivity index (χ4v) is 4.14. The summed E-state index contributed by atoms with van der Waals surface area (Å²) in [4.78, 5) is 5.17. The van der Waals surface area contributed by atoms with Crippen LogP contribution in [0, 0.1) is 5.92 Å². The van der Waals surface area contributed by atoms with E-state index in [2.05, 4.69) is 17.6 Å². The third-order valence-electron chi connectivity index (χ3n) is 5.13. The van der Waals surface area contributed by atoms with Gasteiger partial charge in [-0.2, -0.15) is 0 Å². The molecule has 2 rings (SSSR count). The maximum Gasteiger partial charge on any atom is 0.191 e. The number of hydrogen-bond donors (Lipinski definition) is 2. The Kier molecular flexibility index (Phi) is 12.1. The van der Waals surface area contributed by atoms with E-state index in [9.17, 15) is 8.42 Å². The van der Waals surface area contributed by atoms with Gasteiger partial charge in [-0.05, 0) is 49.8 Å². The molecule has 0 atom stereocenters. The van der Waals surface area contributed by atoms with Crippen molar-refractivity contribution in [1.29, 1.82) is 0 Å². The molecule has 1 aliphatic rings. The van der Waals surface area contributed by atoms with E-state index < -0.39 is 9.84 Å². The summed E-state index contributed by atoms with van der Waals surface area (Å²) in [5.74, 6) is 1.59.